The van der Waals surface area contributed by atoms with Crippen LogP contribution in [0.2, 0.25) is 0 Å². The molecular formula is C9H7BrN4O. The minimum absolute atomic E-state index is 0.203. The van der Waals surface area contributed by atoms with E-state index < -0.39 is 0 Å². The van der Waals surface area contributed by atoms with Crippen LogP contribution in [0.1, 0.15) is 5.56 Å². The van der Waals surface area contributed by atoms with Crippen LogP contribution >= 0.6 is 15.9 Å². The van der Waals surface area contributed by atoms with Crippen molar-refractivity contribution in [2.75, 3.05) is 12.8 Å². The fourth-order valence-corrected chi connectivity index (χ4v) is 1.80. The quantitative estimate of drug-likeness (QED) is 0.850. The second-order valence-corrected chi connectivity index (χ2v) is 3.81. The maximum Gasteiger partial charge on any atom is 0.164 e. The Balaban J connectivity index is 2.93. The summed E-state index contributed by atoms with van der Waals surface area (Å²) in [5.74, 6) is 0.763. The van der Waals surface area contributed by atoms with E-state index in [0.717, 1.165) is 4.47 Å². The largest absolute Gasteiger partial charge is 0.494 e. The van der Waals surface area contributed by atoms with Crippen LogP contribution in [0, 0.1) is 11.3 Å². The molecule has 0 aliphatic carbocycles. The number of pyridine rings is 1. The molecule has 0 bridgehead atoms. The van der Waals surface area contributed by atoms with Gasteiger partial charge in [-0.3, -0.25) is 0 Å². The molecule has 0 saturated carbocycles. The summed E-state index contributed by atoms with van der Waals surface area (Å²) >= 11 is 3.32. The lowest BCUT2D eigenvalue weighted by Gasteiger charge is -2.03. The van der Waals surface area contributed by atoms with Gasteiger partial charge in [0.15, 0.2) is 5.82 Å². The molecule has 0 radical (unpaired) electrons. The first-order valence-electron chi connectivity index (χ1n) is 4.09. The van der Waals surface area contributed by atoms with Crippen molar-refractivity contribution in [1.29, 1.82) is 5.26 Å². The highest BCUT2D eigenvalue weighted by Crippen LogP contribution is 2.29. The number of nitriles is 1. The Hall–Kier alpha value is -1.74. The number of halogens is 1. The average Bonchev–Trinajstić information content (AvgIpc) is 2.52. The van der Waals surface area contributed by atoms with Crippen LogP contribution in [0.25, 0.3) is 5.52 Å². The Morgan fingerprint density at radius 1 is 1.67 bits per heavy atom. The van der Waals surface area contributed by atoms with Crippen molar-refractivity contribution in [2.24, 2.45) is 0 Å². The first-order valence-corrected chi connectivity index (χ1v) is 4.88. The number of nitrogen functional groups attached to an aromatic ring is 1. The van der Waals surface area contributed by atoms with E-state index in [0.29, 0.717) is 16.8 Å². The zero-order valence-electron chi connectivity index (χ0n) is 7.86. The van der Waals surface area contributed by atoms with Crippen molar-refractivity contribution in [3.05, 3.63) is 22.3 Å². The van der Waals surface area contributed by atoms with Crippen molar-refractivity contribution in [3.63, 3.8) is 0 Å². The number of hydrogen-bond acceptors (Lipinski definition) is 4. The second kappa shape index (κ2) is 3.44. The molecular weight excluding hydrogens is 260 g/mol. The summed E-state index contributed by atoms with van der Waals surface area (Å²) in [5.41, 5.74) is 6.53. The Labute approximate surface area is 94.2 Å². The zero-order valence-corrected chi connectivity index (χ0v) is 9.45. The van der Waals surface area contributed by atoms with Gasteiger partial charge in [0.1, 0.15) is 22.9 Å². The number of fused-ring (bicyclic) bond motifs is 1. The molecule has 0 unspecified atom stereocenters. The first kappa shape index (κ1) is 9.80. The van der Waals surface area contributed by atoms with Crippen molar-refractivity contribution in [2.45, 2.75) is 0 Å². The lowest BCUT2D eigenvalue weighted by molar-refractivity contribution is 0.417. The number of methoxy groups -OCH3 is 1. The SMILES string of the molecule is COc1cc(Br)cn2nc(N)c(C#N)c12. The lowest BCUT2D eigenvalue weighted by Crippen LogP contribution is -1.92. The third kappa shape index (κ3) is 1.41. The number of nitrogens with two attached hydrogens (primary N) is 1. The Bertz CT molecular complexity index is 569. The van der Waals surface area contributed by atoms with Gasteiger partial charge in [0.05, 0.1) is 7.11 Å². The maximum atomic E-state index is 8.94. The molecule has 2 aromatic rings. The van der Waals surface area contributed by atoms with E-state index in [4.69, 9.17) is 15.7 Å². The van der Waals surface area contributed by atoms with Crippen LogP contribution < -0.4 is 10.5 Å². The van der Waals surface area contributed by atoms with E-state index in [9.17, 15) is 0 Å². The first-order chi connectivity index (χ1) is 7.17. The summed E-state index contributed by atoms with van der Waals surface area (Å²) in [6.45, 7) is 0. The number of nitrogens with zero attached hydrogens (tertiary/aromatic N) is 3. The summed E-state index contributed by atoms with van der Waals surface area (Å²) in [5, 5.41) is 13.0. The highest BCUT2D eigenvalue weighted by atomic mass is 79.9. The smallest absolute Gasteiger partial charge is 0.164 e. The standard InChI is InChI=1S/C9H7BrN4O/c1-15-7-2-5(10)4-14-8(7)6(3-11)9(12)13-14/h2,4H,1H3,(H2,12,13). The van der Waals surface area contributed by atoms with E-state index in [1.54, 1.807) is 12.3 Å². The molecule has 0 amide bonds. The van der Waals surface area contributed by atoms with Gasteiger partial charge in [-0.1, -0.05) is 0 Å². The molecule has 5 nitrogen and oxygen atoms in total. The molecule has 6 heteroatoms. The average molecular weight is 267 g/mol. The highest BCUT2D eigenvalue weighted by molar-refractivity contribution is 9.10. The summed E-state index contributed by atoms with van der Waals surface area (Å²) in [4.78, 5) is 0. The molecule has 0 aliphatic rings. The maximum absolute atomic E-state index is 8.94. The molecule has 2 rings (SSSR count). The van der Waals surface area contributed by atoms with Gasteiger partial charge in [-0.15, -0.1) is 5.10 Å². The third-order valence-corrected chi connectivity index (χ3v) is 2.45. The topological polar surface area (TPSA) is 76.3 Å². The van der Waals surface area contributed by atoms with Gasteiger partial charge in [-0.2, -0.15) is 5.26 Å². The number of anilines is 1. The van der Waals surface area contributed by atoms with Crippen LogP contribution in [0.5, 0.6) is 5.75 Å². The summed E-state index contributed by atoms with van der Waals surface area (Å²) in [7, 11) is 1.53. The fourth-order valence-electron chi connectivity index (χ4n) is 1.39. The molecule has 2 aromatic heterocycles. The zero-order chi connectivity index (χ0) is 11.0. The van der Waals surface area contributed by atoms with Gasteiger partial charge in [-0.05, 0) is 22.0 Å². The van der Waals surface area contributed by atoms with Gasteiger partial charge in [-0.25, -0.2) is 4.52 Å². The Kier molecular flexibility index (Phi) is 2.25. The highest BCUT2D eigenvalue weighted by Gasteiger charge is 2.14. The molecule has 0 fully saturated rings. The van der Waals surface area contributed by atoms with E-state index in [1.807, 2.05) is 6.07 Å². The molecule has 2 N–H and O–H groups in total. The predicted molar refractivity (Wildman–Crippen MR) is 58.6 cm³/mol. The molecule has 0 spiro atoms. The Morgan fingerprint density at radius 2 is 2.40 bits per heavy atom. The third-order valence-electron chi connectivity index (χ3n) is 2.02. The predicted octanol–water partition coefficient (Wildman–Crippen LogP) is 1.56. The van der Waals surface area contributed by atoms with Crippen LogP contribution in [-0.2, 0) is 0 Å². The van der Waals surface area contributed by atoms with Crippen molar-refractivity contribution < 1.29 is 4.74 Å². The van der Waals surface area contributed by atoms with Crippen LogP contribution in [-0.4, -0.2) is 16.7 Å². The molecule has 76 valence electrons. The van der Waals surface area contributed by atoms with E-state index in [2.05, 4.69) is 21.0 Å². The number of hydrogen-bond donors (Lipinski definition) is 1. The van der Waals surface area contributed by atoms with Gasteiger partial charge in [0.2, 0.25) is 0 Å². The van der Waals surface area contributed by atoms with E-state index in [-0.39, 0.29) is 5.82 Å². The van der Waals surface area contributed by atoms with Crippen molar-refractivity contribution >= 4 is 27.3 Å². The van der Waals surface area contributed by atoms with Crippen LogP contribution in [0.3, 0.4) is 0 Å². The van der Waals surface area contributed by atoms with Crippen molar-refractivity contribution in [3.8, 4) is 11.8 Å². The number of rotatable bonds is 1. The summed E-state index contributed by atoms with van der Waals surface area (Å²) < 4.78 is 7.50. The van der Waals surface area contributed by atoms with Gasteiger partial charge >= 0.3 is 0 Å². The molecule has 0 aromatic carbocycles. The van der Waals surface area contributed by atoms with Gasteiger partial charge in [0.25, 0.3) is 0 Å². The molecule has 2 heterocycles. The molecule has 0 atom stereocenters. The molecule has 0 saturated heterocycles. The lowest BCUT2D eigenvalue weighted by atomic mass is 10.2. The minimum Gasteiger partial charge on any atom is -0.494 e. The summed E-state index contributed by atoms with van der Waals surface area (Å²) in [6, 6.07) is 3.77. The van der Waals surface area contributed by atoms with E-state index >= 15 is 0 Å². The van der Waals surface area contributed by atoms with Crippen molar-refractivity contribution in [1.82, 2.24) is 9.61 Å². The monoisotopic (exact) mass is 266 g/mol. The van der Waals surface area contributed by atoms with Gasteiger partial charge in [0, 0.05) is 10.7 Å². The van der Waals surface area contributed by atoms with E-state index in [1.165, 1.54) is 11.6 Å². The van der Waals surface area contributed by atoms with Crippen LogP contribution in [0.15, 0.2) is 16.7 Å². The number of aromatic nitrogens is 2. The second-order valence-electron chi connectivity index (χ2n) is 2.89. The summed E-state index contributed by atoms with van der Waals surface area (Å²) in [6.07, 6.45) is 1.72. The normalized spacial score (nSPS) is 10.2. The number of ether oxygens (including phenoxy) is 1. The van der Waals surface area contributed by atoms with Gasteiger partial charge < -0.3 is 10.5 Å². The minimum atomic E-state index is 0.203. The van der Waals surface area contributed by atoms with Crippen LogP contribution in [0.4, 0.5) is 5.82 Å². The fraction of sp³-hybridized carbons (Fsp3) is 0.111. The molecule has 15 heavy (non-hydrogen) atoms. The Morgan fingerprint density at radius 3 is 3.00 bits per heavy atom. The molecule has 0 aliphatic heterocycles.